The van der Waals surface area contributed by atoms with Crippen molar-refractivity contribution in [1.82, 2.24) is 25.2 Å². The third-order valence-corrected chi connectivity index (χ3v) is 6.78. The zero-order chi connectivity index (χ0) is 27.5. The lowest BCUT2D eigenvalue weighted by Gasteiger charge is -2.39. The first-order valence-corrected chi connectivity index (χ1v) is 12.3. The molecular weight excluding hydrogens is 535 g/mol. The maximum atomic E-state index is 13.7. The maximum Gasteiger partial charge on any atom is 0.387 e. The maximum absolute atomic E-state index is 13.7. The number of hydrogen-bond donors (Lipinski definition) is 1. The standard InChI is InChI=1S/C27H21ClF3N5O3/c28-19-12-16(13-21-23(19)34-10-9-32-21)26(38)36-11-7-20(18(14-36)15-3-5-17(29)6-4-15)35-25(37)24-22(39-27(30)31)2-1-8-33-24/h1-6,8-10,12-13,18,20,27H,7,11,14H2,(H,35,37)/t18-,20-/m1/s1. The lowest BCUT2D eigenvalue weighted by Crippen LogP contribution is -2.51. The minimum absolute atomic E-state index is 0.189. The monoisotopic (exact) mass is 555 g/mol. The summed E-state index contributed by atoms with van der Waals surface area (Å²) in [7, 11) is 0. The Morgan fingerprint density at radius 2 is 1.82 bits per heavy atom. The first-order chi connectivity index (χ1) is 18.8. The SMILES string of the molecule is O=C(N[C@@H]1CCN(C(=O)c2cc(Cl)c3nccnc3c2)C[C@@H]1c1ccc(F)cc1)c1ncccc1OC(F)F. The molecular formula is C27H21ClF3N5O3. The van der Waals surface area contributed by atoms with Gasteiger partial charge in [0.2, 0.25) is 0 Å². The van der Waals surface area contributed by atoms with Gasteiger partial charge in [0.15, 0.2) is 11.4 Å². The number of nitrogens with one attached hydrogen (secondary N) is 1. The molecule has 1 aliphatic rings. The van der Waals surface area contributed by atoms with Gasteiger partial charge in [0.1, 0.15) is 11.3 Å². The van der Waals surface area contributed by atoms with Gasteiger partial charge in [0.05, 0.1) is 10.5 Å². The van der Waals surface area contributed by atoms with E-state index in [1.807, 2.05) is 0 Å². The summed E-state index contributed by atoms with van der Waals surface area (Å²) >= 11 is 6.35. The summed E-state index contributed by atoms with van der Waals surface area (Å²) in [4.78, 5) is 40.5. The van der Waals surface area contributed by atoms with E-state index in [4.69, 9.17) is 11.6 Å². The normalized spacial score (nSPS) is 17.3. The van der Waals surface area contributed by atoms with Gasteiger partial charge in [-0.05, 0) is 48.4 Å². The molecule has 200 valence electrons. The number of carbonyl (C=O) groups excluding carboxylic acids is 2. The minimum atomic E-state index is -3.13. The summed E-state index contributed by atoms with van der Waals surface area (Å²) in [5.41, 5.74) is 1.68. The Balaban J connectivity index is 1.41. The van der Waals surface area contributed by atoms with Crippen molar-refractivity contribution in [2.45, 2.75) is 25.0 Å². The van der Waals surface area contributed by atoms with Gasteiger partial charge in [-0.2, -0.15) is 8.78 Å². The molecule has 1 N–H and O–H groups in total. The van der Waals surface area contributed by atoms with Gasteiger partial charge < -0.3 is 15.0 Å². The van der Waals surface area contributed by atoms with Gasteiger partial charge in [-0.25, -0.2) is 9.37 Å². The van der Waals surface area contributed by atoms with Gasteiger partial charge in [-0.15, -0.1) is 0 Å². The molecule has 2 atom stereocenters. The second-order valence-electron chi connectivity index (χ2n) is 8.89. The molecule has 0 radical (unpaired) electrons. The first kappa shape index (κ1) is 26.4. The molecule has 0 bridgehead atoms. The van der Waals surface area contributed by atoms with Crippen LogP contribution in [-0.2, 0) is 0 Å². The van der Waals surface area contributed by atoms with Crippen LogP contribution in [0.1, 0.15) is 38.7 Å². The zero-order valence-electron chi connectivity index (χ0n) is 20.2. The molecule has 2 aromatic carbocycles. The Hall–Kier alpha value is -4.25. The predicted octanol–water partition coefficient (Wildman–Crippen LogP) is 4.85. The molecule has 3 heterocycles. The smallest absolute Gasteiger partial charge is 0.387 e. The summed E-state index contributed by atoms with van der Waals surface area (Å²) in [5, 5.41) is 3.14. The van der Waals surface area contributed by atoms with E-state index in [1.54, 1.807) is 23.1 Å². The largest absolute Gasteiger partial charge is 0.432 e. The van der Waals surface area contributed by atoms with Gasteiger partial charge in [0.25, 0.3) is 11.8 Å². The molecule has 39 heavy (non-hydrogen) atoms. The average molecular weight is 556 g/mol. The zero-order valence-corrected chi connectivity index (χ0v) is 21.0. The second-order valence-corrected chi connectivity index (χ2v) is 9.30. The van der Waals surface area contributed by atoms with Crippen LogP contribution in [0.3, 0.4) is 0 Å². The Labute approximate surface area is 225 Å². The molecule has 5 rings (SSSR count). The van der Waals surface area contributed by atoms with Crippen molar-refractivity contribution in [3.63, 3.8) is 0 Å². The molecule has 1 saturated heterocycles. The molecule has 2 aromatic heterocycles. The van der Waals surface area contributed by atoms with Crippen molar-refractivity contribution in [3.8, 4) is 5.75 Å². The number of halogens is 4. The summed E-state index contributed by atoms with van der Waals surface area (Å²) in [5.74, 6) is -2.22. The summed E-state index contributed by atoms with van der Waals surface area (Å²) in [6, 6.07) is 11.0. The third-order valence-electron chi connectivity index (χ3n) is 6.49. The lowest BCUT2D eigenvalue weighted by atomic mass is 9.85. The number of hydrogen-bond acceptors (Lipinski definition) is 6. The number of rotatable bonds is 6. The van der Waals surface area contributed by atoms with Crippen molar-refractivity contribution in [2.75, 3.05) is 13.1 Å². The van der Waals surface area contributed by atoms with Crippen LogP contribution in [0.5, 0.6) is 5.75 Å². The predicted molar refractivity (Wildman–Crippen MR) is 136 cm³/mol. The molecule has 12 heteroatoms. The number of carbonyl (C=O) groups is 2. The number of likely N-dealkylation sites (tertiary alicyclic amines) is 1. The van der Waals surface area contributed by atoms with Crippen molar-refractivity contribution in [2.24, 2.45) is 0 Å². The Morgan fingerprint density at radius 1 is 1.05 bits per heavy atom. The van der Waals surface area contributed by atoms with Crippen molar-refractivity contribution >= 4 is 34.4 Å². The fraction of sp³-hybridized carbons (Fsp3) is 0.222. The highest BCUT2D eigenvalue weighted by Gasteiger charge is 2.35. The minimum Gasteiger partial charge on any atom is -0.432 e. The topological polar surface area (TPSA) is 97.3 Å². The molecule has 0 spiro atoms. The van der Waals surface area contributed by atoms with Gasteiger partial charge >= 0.3 is 6.61 Å². The van der Waals surface area contributed by atoms with Crippen molar-refractivity contribution < 1.29 is 27.5 Å². The van der Waals surface area contributed by atoms with E-state index in [0.717, 1.165) is 0 Å². The van der Waals surface area contributed by atoms with Gasteiger partial charge in [-0.1, -0.05) is 23.7 Å². The molecule has 1 aliphatic heterocycles. The number of piperidine rings is 1. The van der Waals surface area contributed by atoms with E-state index < -0.39 is 30.3 Å². The molecule has 0 aliphatic carbocycles. The fourth-order valence-corrected chi connectivity index (χ4v) is 4.95. The highest BCUT2D eigenvalue weighted by molar-refractivity contribution is 6.35. The molecule has 1 fully saturated rings. The molecule has 8 nitrogen and oxygen atoms in total. The lowest BCUT2D eigenvalue weighted by molar-refractivity contribution is -0.0504. The number of fused-ring (bicyclic) bond motifs is 1. The summed E-state index contributed by atoms with van der Waals surface area (Å²) < 4.78 is 43.8. The van der Waals surface area contributed by atoms with Crippen LogP contribution in [0.4, 0.5) is 13.2 Å². The molecule has 0 unspecified atom stereocenters. The van der Waals surface area contributed by atoms with Crippen LogP contribution < -0.4 is 10.1 Å². The second kappa shape index (κ2) is 11.2. The third kappa shape index (κ3) is 5.78. The number of benzene rings is 2. The van der Waals surface area contributed by atoms with Crippen LogP contribution in [0.15, 0.2) is 67.1 Å². The van der Waals surface area contributed by atoms with Crippen molar-refractivity contribution in [1.29, 1.82) is 0 Å². The van der Waals surface area contributed by atoms with Crippen LogP contribution >= 0.6 is 11.6 Å². The van der Waals surface area contributed by atoms with Crippen LogP contribution in [0.2, 0.25) is 5.02 Å². The number of ether oxygens (including phenoxy) is 1. The number of aromatic nitrogens is 3. The number of nitrogens with zero attached hydrogens (tertiary/aromatic N) is 4. The van der Waals surface area contributed by atoms with Gasteiger partial charge in [0, 0.05) is 49.2 Å². The average Bonchev–Trinajstić information content (AvgIpc) is 2.93. The molecule has 0 saturated carbocycles. The Bertz CT molecular complexity index is 1520. The molecule has 4 aromatic rings. The van der Waals surface area contributed by atoms with E-state index in [0.29, 0.717) is 33.6 Å². The Kier molecular flexibility index (Phi) is 7.60. The van der Waals surface area contributed by atoms with Crippen LogP contribution in [0, 0.1) is 5.82 Å². The van der Waals surface area contributed by atoms with E-state index in [1.165, 1.54) is 48.9 Å². The van der Waals surface area contributed by atoms with E-state index >= 15 is 0 Å². The van der Waals surface area contributed by atoms with Crippen LogP contribution in [-0.4, -0.2) is 57.4 Å². The number of alkyl halides is 2. The number of pyridine rings is 1. The molecule has 2 amide bonds. The number of amides is 2. The van der Waals surface area contributed by atoms with E-state index in [-0.39, 0.29) is 30.4 Å². The summed E-state index contributed by atoms with van der Waals surface area (Å²) in [6.07, 6.45) is 4.64. The van der Waals surface area contributed by atoms with E-state index in [2.05, 4.69) is 25.0 Å². The first-order valence-electron chi connectivity index (χ1n) is 12.0. The van der Waals surface area contributed by atoms with Gasteiger partial charge in [-0.3, -0.25) is 19.6 Å². The fourth-order valence-electron chi connectivity index (χ4n) is 4.68. The van der Waals surface area contributed by atoms with Crippen LogP contribution in [0.25, 0.3) is 11.0 Å². The quantitative estimate of drug-likeness (QED) is 0.365. The van der Waals surface area contributed by atoms with Crippen molar-refractivity contribution in [3.05, 3.63) is 94.8 Å². The summed E-state index contributed by atoms with van der Waals surface area (Å²) in [6.45, 7) is -2.66. The highest BCUT2D eigenvalue weighted by Crippen LogP contribution is 2.31. The van der Waals surface area contributed by atoms with E-state index in [9.17, 15) is 22.8 Å². The Morgan fingerprint density at radius 3 is 2.59 bits per heavy atom. The highest BCUT2D eigenvalue weighted by atomic mass is 35.5.